The van der Waals surface area contributed by atoms with Gasteiger partial charge in [0.25, 0.3) is 6.01 Å². The van der Waals surface area contributed by atoms with Crippen molar-refractivity contribution in [2.75, 3.05) is 18.0 Å². The molecule has 1 fully saturated rings. The summed E-state index contributed by atoms with van der Waals surface area (Å²) in [5, 5.41) is 14.0. The fourth-order valence-corrected chi connectivity index (χ4v) is 3.25. The average molecular weight is 326 g/mol. The summed E-state index contributed by atoms with van der Waals surface area (Å²) < 4.78 is 7.38. The van der Waals surface area contributed by atoms with Crippen molar-refractivity contribution in [1.29, 1.82) is 0 Å². The molecule has 0 bridgehead atoms. The van der Waals surface area contributed by atoms with Gasteiger partial charge in [-0.15, -0.1) is 0 Å². The zero-order valence-electron chi connectivity index (χ0n) is 13.3. The lowest BCUT2D eigenvalue weighted by molar-refractivity contribution is -0.149. The highest BCUT2D eigenvalue weighted by molar-refractivity contribution is 5.77. The molecule has 4 rings (SSSR count). The highest BCUT2D eigenvalue weighted by Crippen LogP contribution is 2.33. The first-order valence-corrected chi connectivity index (χ1v) is 7.94. The SMILES string of the molecule is Cc1cnn(C2(C(=O)O)CCN(c3nc4ccccc4o3)CC2)c1. The molecular weight excluding hydrogens is 308 g/mol. The van der Waals surface area contributed by atoms with Gasteiger partial charge in [0.2, 0.25) is 0 Å². The predicted molar refractivity (Wildman–Crippen MR) is 88.0 cm³/mol. The molecule has 0 radical (unpaired) electrons. The molecule has 0 saturated carbocycles. The molecule has 124 valence electrons. The molecule has 3 heterocycles. The summed E-state index contributed by atoms with van der Waals surface area (Å²) in [6, 6.07) is 8.15. The minimum Gasteiger partial charge on any atom is -0.479 e. The molecule has 1 aliphatic rings. The summed E-state index contributed by atoms with van der Waals surface area (Å²) in [4.78, 5) is 18.4. The zero-order chi connectivity index (χ0) is 16.7. The highest BCUT2D eigenvalue weighted by atomic mass is 16.4. The summed E-state index contributed by atoms with van der Waals surface area (Å²) in [7, 11) is 0. The number of carboxylic acid groups (broad SMARTS) is 1. The smallest absolute Gasteiger partial charge is 0.331 e. The van der Waals surface area contributed by atoms with E-state index in [1.807, 2.05) is 36.1 Å². The van der Waals surface area contributed by atoms with Crippen molar-refractivity contribution in [3.63, 3.8) is 0 Å². The van der Waals surface area contributed by atoms with Crippen LogP contribution in [-0.4, -0.2) is 38.9 Å². The number of carboxylic acids is 1. The predicted octanol–water partition coefficient (Wildman–Crippen LogP) is 2.41. The Morgan fingerprint density at radius 2 is 2.04 bits per heavy atom. The second-order valence-corrected chi connectivity index (χ2v) is 6.25. The average Bonchev–Trinajstić information content (AvgIpc) is 3.21. The van der Waals surface area contributed by atoms with Crippen LogP contribution in [0.3, 0.4) is 0 Å². The van der Waals surface area contributed by atoms with Crippen molar-refractivity contribution in [2.24, 2.45) is 0 Å². The molecule has 1 N–H and O–H groups in total. The topological polar surface area (TPSA) is 84.4 Å². The van der Waals surface area contributed by atoms with Crippen molar-refractivity contribution >= 4 is 23.1 Å². The van der Waals surface area contributed by atoms with Crippen LogP contribution in [0.5, 0.6) is 0 Å². The van der Waals surface area contributed by atoms with Gasteiger partial charge in [0.1, 0.15) is 5.52 Å². The van der Waals surface area contributed by atoms with Crippen LogP contribution in [0.4, 0.5) is 6.01 Å². The molecule has 0 unspecified atom stereocenters. The van der Waals surface area contributed by atoms with Crippen LogP contribution < -0.4 is 4.90 Å². The first-order valence-electron chi connectivity index (χ1n) is 7.94. The Bertz CT molecular complexity index is 857. The number of rotatable bonds is 3. The second-order valence-electron chi connectivity index (χ2n) is 6.25. The van der Waals surface area contributed by atoms with Gasteiger partial charge in [-0.25, -0.2) is 4.79 Å². The van der Waals surface area contributed by atoms with Crippen LogP contribution in [0.1, 0.15) is 18.4 Å². The number of aromatic nitrogens is 3. The fraction of sp³-hybridized carbons (Fsp3) is 0.353. The molecule has 2 aromatic heterocycles. The van der Waals surface area contributed by atoms with Gasteiger partial charge < -0.3 is 14.4 Å². The van der Waals surface area contributed by atoms with E-state index in [9.17, 15) is 9.90 Å². The molecule has 24 heavy (non-hydrogen) atoms. The van der Waals surface area contributed by atoms with E-state index in [1.165, 1.54) is 0 Å². The number of anilines is 1. The van der Waals surface area contributed by atoms with Crippen molar-refractivity contribution in [3.05, 3.63) is 42.2 Å². The molecule has 0 aliphatic carbocycles. The van der Waals surface area contributed by atoms with Crippen LogP contribution in [-0.2, 0) is 10.3 Å². The van der Waals surface area contributed by atoms with Crippen LogP contribution >= 0.6 is 0 Å². The minimum atomic E-state index is -1.00. The third-order valence-corrected chi connectivity index (χ3v) is 4.69. The normalized spacial score (nSPS) is 17.3. The number of hydrogen-bond acceptors (Lipinski definition) is 5. The number of aryl methyl sites for hydroxylation is 1. The fourth-order valence-electron chi connectivity index (χ4n) is 3.25. The molecule has 1 aromatic carbocycles. The molecule has 1 saturated heterocycles. The molecule has 0 amide bonds. The maximum absolute atomic E-state index is 12.0. The Morgan fingerprint density at radius 3 is 2.67 bits per heavy atom. The first kappa shape index (κ1) is 14.7. The number of aliphatic carboxylic acids is 1. The van der Waals surface area contributed by atoms with Crippen LogP contribution in [0.25, 0.3) is 11.1 Å². The number of benzene rings is 1. The zero-order valence-corrected chi connectivity index (χ0v) is 13.3. The Kier molecular flexibility index (Phi) is 3.30. The Balaban J connectivity index is 1.59. The van der Waals surface area contributed by atoms with Crippen LogP contribution in [0.2, 0.25) is 0 Å². The van der Waals surface area contributed by atoms with Gasteiger partial charge in [0.15, 0.2) is 11.1 Å². The number of oxazole rings is 1. The van der Waals surface area contributed by atoms with Gasteiger partial charge in [-0.2, -0.15) is 10.1 Å². The van der Waals surface area contributed by atoms with E-state index in [1.54, 1.807) is 17.1 Å². The molecule has 0 atom stereocenters. The largest absolute Gasteiger partial charge is 0.479 e. The highest BCUT2D eigenvalue weighted by Gasteiger charge is 2.44. The van der Waals surface area contributed by atoms with Gasteiger partial charge in [-0.05, 0) is 24.6 Å². The van der Waals surface area contributed by atoms with E-state index in [0.717, 1.165) is 16.7 Å². The van der Waals surface area contributed by atoms with Crippen LogP contribution in [0.15, 0.2) is 41.1 Å². The third-order valence-electron chi connectivity index (χ3n) is 4.69. The molecule has 3 aromatic rings. The van der Waals surface area contributed by atoms with E-state index in [4.69, 9.17) is 4.42 Å². The number of hydrogen-bond donors (Lipinski definition) is 1. The second kappa shape index (κ2) is 5.36. The minimum absolute atomic E-state index is 0.447. The van der Waals surface area contributed by atoms with E-state index < -0.39 is 11.5 Å². The number of carbonyl (C=O) groups is 1. The lowest BCUT2D eigenvalue weighted by Crippen LogP contribution is -2.51. The Hall–Kier alpha value is -2.83. The molecular formula is C17H18N4O3. The standard InChI is InChI=1S/C17H18N4O3/c1-12-10-18-21(11-12)17(15(22)23)6-8-20(9-7-17)16-19-13-4-2-3-5-14(13)24-16/h2-5,10-11H,6-9H2,1H3,(H,22,23). The lowest BCUT2D eigenvalue weighted by atomic mass is 9.88. The summed E-state index contributed by atoms with van der Waals surface area (Å²) in [5.74, 6) is -0.845. The van der Waals surface area contributed by atoms with Crippen molar-refractivity contribution in [1.82, 2.24) is 14.8 Å². The monoisotopic (exact) mass is 326 g/mol. The summed E-state index contributed by atoms with van der Waals surface area (Å²) in [6.45, 7) is 3.02. The maximum Gasteiger partial charge on any atom is 0.331 e. The number of para-hydroxylation sites is 2. The molecule has 7 heteroatoms. The van der Waals surface area contributed by atoms with E-state index >= 15 is 0 Å². The van der Waals surface area contributed by atoms with Gasteiger partial charge in [-0.1, -0.05) is 12.1 Å². The van der Waals surface area contributed by atoms with Crippen molar-refractivity contribution < 1.29 is 14.3 Å². The number of piperidine rings is 1. The molecule has 1 aliphatic heterocycles. The molecule has 0 spiro atoms. The van der Waals surface area contributed by atoms with Gasteiger partial charge >= 0.3 is 5.97 Å². The first-order chi connectivity index (χ1) is 11.6. The maximum atomic E-state index is 12.0. The Labute approximate surface area is 138 Å². The summed E-state index contributed by atoms with van der Waals surface area (Å²) >= 11 is 0. The van der Waals surface area contributed by atoms with Crippen molar-refractivity contribution in [2.45, 2.75) is 25.3 Å². The number of nitrogens with zero attached hydrogens (tertiary/aromatic N) is 4. The van der Waals surface area contributed by atoms with Gasteiger partial charge in [-0.3, -0.25) is 4.68 Å². The van der Waals surface area contributed by atoms with Gasteiger partial charge in [0, 0.05) is 32.1 Å². The molecule has 7 nitrogen and oxygen atoms in total. The van der Waals surface area contributed by atoms with E-state index in [-0.39, 0.29) is 0 Å². The van der Waals surface area contributed by atoms with Gasteiger partial charge in [0.05, 0.1) is 6.20 Å². The summed E-state index contributed by atoms with van der Waals surface area (Å²) in [5.41, 5.74) is 1.50. The van der Waals surface area contributed by atoms with E-state index in [2.05, 4.69) is 10.1 Å². The number of fused-ring (bicyclic) bond motifs is 1. The van der Waals surface area contributed by atoms with Crippen LogP contribution in [0, 0.1) is 6.92 Å². The van der Waals surface area contributed by atoms with Crippen molar-refractivity contribution in [3.8, 4) is 0 Å². The lowest BCUT2D eigenvalue weighted by Gasteiger charge is -2.38. The van der Waals surface area contributed by atoms with E-state index in [0.29, 0.717) is 31.9 Å². The Morgan fingerprint density at radius 1 is 1.29 bits per heavy atom. The quantitative estimate of drug-likeness (QED) is 0.795. The third kappa shape index (κ3) is 2.24. The summed E-state index contributed by atoms with van der Waals surface area (Å²) in [6.07, 6.45) is 4.38.